The zero-order valence-corrected chi connectivity index (χ0v) is 22.8. The molecule has 0 saturated carbocycles. The molecule has 1 saturated heterocycles. The number of ketones is 1. The predicted molar refractivity (Wildman–Crippen MR) is 145 cm³/mol. The number of carbonyl (C=O) groups is 2. The normalized spacial score (nSPS) is 16.5. The third-order valence-electron chi connectivity index (χ3n) is 6.43. The fraction of sp³-hybridized carbons (Fsp3) is 0.300. The van der Waals surface area contributed by atoms with E-state index < -0.39 is 17.7 Å². The summed E-state index contributed by atoms with van der Waals surface area (Å²) >= 11 is 0. The SMILES string of the molecule is COc1cc([C@H]2/C(=C(\O)c3ccc(OC(C)C)c(C)c3)C(=O)C(=O)N2Cc2cccnc2)cc(OC)c1OC. The summed E-state index contributed by atoms with van der Waals surface area (Å²) in [4.78, 5) is 32.5. The molecule has 4 rings (SSSR count). The standard InChI is InChI=1S/C30H32N2O7/c1-17(2)39-22-10-9-20(12-18(22)3)27(33)25-26(21-13-23(36-4)29(38-6)24(14-21)37-5)32(30(35)28(25)34)16-19-8-7-11-31-15-19/h7-15,17,26,33H,16H2,1-6H3/b27-25+/t26-/m0/s1. The van der Waals surface area contributed by atoms with Gasteiger partial charge in [-0.2, -0.15) is 0 Å². The predicted octanol–water partition coefficient (Wildman–Crippen LogP) is 4.82. The van der Waals surface area contributed by atoms with E-state index in [9.17, 15) is 14.7 Å². The number of aliphatic hydroxyl groups excluding tert-OH is 1. The number of aliphatic hydroxyl groups is 1. The van der Waals surface area contributed by atoms with Crippen LogP contribution in [-0.2, 0) is 16.1 Å². The van der Waals surface area contributed by atoms with E-state index in [4.69, 9.17) is 18.9 Å². The molecule has 9 nitrogen and oxygen atoms in total. The summed E-state index contributed by atoms with van der Waals surface area (Å²) in [5.74, 6) is -0.0929. The second-order valence-electron chi connectivity index (χ2n) is 9.39. The number of rotatable bonds is 9. The largest absolute Gasteiger partial charge is 0.507 e. The minimum atomic E-state index is -0.939. The van der Waals surface area contributed by atoms with Crippen molar-refractivity contribution in [2.75, 3.05) is 21.3 Å². The lowest BCUT2D eigenvalue weighted by molar-refractivity contribution is -0.140. The van der Waals surface area contributed by atoms with Gasteiger partial charge in [0.2, 0.25) is 5.75 Å². The van der Waals surface area contributed by atoms with Gasteiger partial charge in [0.05, 0.1) is 39.0 Å². The summed E-state index contributed by atoms with van der Waals surface area (Å²) in [6, 6.07) is 11.1. The van der Waals surface area contributed by atoms with Gasteiger partial charge >= 0.3 is 0 Å². The Morgan fingerprint density at radius 2 is 1.69 bits per heavy atom. The molecule has 1 fully saturated rings. The van der Waals surface area contributed by atoms with Gasteiger partial charge in [-0.05, 0) is 73.9 Å². The van der Waals surface area contributed by atoms with Gasteiger partial charge in [-0.3, -0.25) is 14.6 Å². The molecular weight excluding hydrogens is 500 g/mol. The molecule has 1 aromatic heterocycles. The van der Waals surface area contributed by atoms with E-state index in [0.717, 1.165) is 11.1 Å². The summed E-state index contributed by atoms with van der Waals surface area (Å²) in [5.41, 5.74) is 2.35. The number of benzene rings is 2. The minimum absolute atomic E-state index is 0.0269. The topological polar surface area (TPSA) is 107 Å². The Kier molecular flexibility index (Phi) is 8.09. The van der Waals surface area contributed by atoms with E-state index in [0.29, 0.717) is 34.1 Å². The summed E-state index contributed by atoms with van der Waals surface area (Å²) in [6.45, 7) is 5.80. The lowest BCUT2D eigenvalue weighted by Crippen LogP contribution is -2.29. The van der Waals surface area contributed by atoms with E-state index in [1.54, 1.807) is 48.8 Å². The third-order valence-corrected chi connectivity index (χ3v) is 6.43. The Balaban J connectivity index is 1.92. The van der Waals surface area contributed by atoms with Gasteiger partial charge in [-0.15, -0.1) is 0 Å². The summed E-state index contributed by atoms with van der Waals surface area (Å²) < 4.78 is 22.3. The van der Waals surface area contributed by atoms with Crippen LogP contribution in [0.25, 0.3) is 5.76 Å². The van der Waals surface area contributed by atoms with E-state index in [2.05, 4.69) is 4.98 Å². The van der Waals surface area contributed by atoms with Crippen LogP contribution in [0.4, 0.5) is 0 Å². The number of aromatic nitrogens is 1. The highest BCUT2D eigenvalue weighted by Crippen LogP contribution is 2.46. The molecule has 1 N–H and O–H groups in total. The zero-order valence-electron chi connectivity index (χ0n) is 22.8. The molecule has 0 spiro atoms. The first kappa shape index (κ1) is 27.5. The Labute approximate surface area is 227 Å². The molecule has 1 atom stereocenters. The molecule has 0 bridgehead atoms. The number of methoxy groups -OCH3 is 3. The molecule has 204 valence electrons. The van der Waals surface area contributed by atoms with Gasteiger partial charge in [0.25, 0.3) is 11.7 Å². The quantitative estimate of drug-likeness (QED) is 0.237. The number of carbonyl (C=O) groups excluding carboxylic acids is 2. The van der Waals surface area contributed by atoms with Crippen LogP contribution in [0.15, 0.2) is 60.4 Å². The third kappa shape index (κ3) is 5.38. The van der Waals surface area contributed by atoms with Crippen molar-refractivity contribution in [1.29, 1.82) is 0 Å². The van der Waals surface area contributed by atoms with Gasteiger partial charge in [-0.1, -0.05) is 6.07 Å². The number of aryl methyl sites for hydroxylation is 1. The van der Waals surface area contributed by atoms with Crippen molar-refractivity contribution in [3.63, 3.8) is 0 Å². The molecule has 2 aromatic carbocycles. The first-order chi connectivity index (χ1) is 18.7. The molecule has 1 aliphatic rings. The lowest BCUT2D eigenvalue weighted by Gasteiger charge is -2.26. The summed E-state index contributed by atoms with van der Waals surface area (Å²) in [5, 5.41) is 11.5. The maximum Gasteiger partial charge on any atom is 0.295 e. The monoisotopic (exact) mass is 532 g/mol. The molecular formula is C30H32N2O7. The van der Waals surface area contributed by atoms with Gasteiger partial charge in [-0.25, -0.2) is 0 Å². The summed E-state index contributed by atoms with van der Waals surface area (Å²) in [6.07, 6.45) is 3.23. The lowest BCUT2D eigenvalue weighted by atomic mass is 9.94. The van der Waals surface area contributed by atoms with Crippen LogP contribution in [0, 0.1) is 6.92 Å². The van der Waals surface area contributed by atoms with Crippen LogP contribution < -0.4 is 18.9 Å². The van der Waals surface area contributed by atoms with E-state index in [1.165, 1.54) is 26.2 Å². The van der Waals surface area contributed by atoms with Crippen molar-refractivity contribution in [3.8, 4) is 23.0 Å². The highest BCUT2D eigenvalue weighted by atomic mass is 16.5. The van der Waals surface area contributed by atoms with Crippen molar-refractivity contribution in [1.82, 2.24) is 9.88 Å². The van der Waals surface area contributed by atoms with Crippen molar-refractivity contribution in [2.24, 2.45) is 0 Å². The molecule has 0 aliphatic carbocycles. The van der Waals surface area contributed by atoms with Crippen LogP contribution in [0.1, 0.15) is 42.1 Å². The Morgan fingerprint density at radius 3 is 2.23 bits per heavy atom. The number of hydrogen-bond acceptors (Lipinski definition) is 8. The first-order valence-electron chi connectivity index (χ1n) is 12.4. The van der Waals surface area contributed by atoms with Gasteiger partial charge in [0.15, 0.2) is 11.5 Å². The van der Waals surface area contributed by atoms with Crippen LogP contribution in [0.5, 0.6) is 23.0 Å². The smallest absolute Gasteiger partial charge is 0.295 e. The molecule has 39 heavy (non-hydrogen) atoms. The van der Waals surface area contributed by atoms with E-state index >= 15 is 0 Å². The molecule has 3 aromatic rings. The highest BCUT2D eigenvalue weighted by Gasteiger charge is 2.46. The van der Waals surface area contributed by atoms with Crippen LogP contribution in [-0.4, -0.2) is 54.1 Å². The van der Waals surface area contributed by atoms with Crippen molar-refractivity contribution in [3.05, 3.63) is 82.7 Å². The molecule has 2 heterocycles. The second-order valence-corrected chi connectivity index (χ2v) is 9.39. The molecule has 0 unspecified atom stereocenters. The van der Waals surface area contributed by atoms with Gasteiger partial charge in [0, 0.05) is 24.5 Å². The molecule has 1 amide bonds. The van der Waals surface area contributed by atoms with Crippen LogP contribution in [0.3, 0.4) is 0 Å². The highest BCUT2D eigenvalue weighted by molar-refractivity contribution is 6.46. The Hall–Kier alpha value is -4.53. The van der Waals surface area contributed by atoms with Crippen LogP contribution in [0.2, 0.25) is 0 Å². The number of likely N-dealkylation sites (tertiary alicyclic amines) is 1. The molecule has 9 heteroatoms. The maximum absolute atomic E-state index is 13.5. The Bertz CT molecular complexity index is 1390. The van der Waals surface area contributed by atoms with Gasteiger partial charge < -0.3 is 29.0 Å². The average molecular weight is 533 g/mol. The number of nitrogens with zero attached hydrogens (tertiary/aromatic N) is 2. The van der Waals surface area contributed by atoms with Gasteiger partial charge in [0.1, 0.15) is 11.5 Å². The molecule has 0 radical (unpaired) electrons. The number of hydrogen-bond donors (Lipinski definition) is 1. The van der Waals surface area contributed by atoms with E-state index in [-0.39, 0.29) is 24.0 Å². The average Bonchev–Trinajstić information content (AvgIpc) is 3.18. The maximum atomic E-state index is 13.5. The number of pyridine rings is 1. The fourth-order valence-corrected chi connectivity index (χ4v) is 4.68. The second kappa shape index (κ2) is 11.5. The van der Waals surface area contributed by atoms with E-state index in [1.807, 2.05) is 26.8 Å². The Morgan fingerprint density at radius 1 is 1.00 bits per heavy atom. The first-order valence-corrected chi connectivity index (χ1v) is 12.4. The molecule has 1 aliphatic heterocycles. The van der Waals surface area contributed by atoms with Crippen LogP contribution >= 0.6 is 0 Å². The number of Topliss-reactive ketones (excluding diaryl/α,β-unsaturated/α-hetero) is 1. The number of ether oxygens (including phenoxy) is 4. The minimum Gasteiger partial charge on any atom is -0.507 e. The summed E-state index contributed by atoms with van der Waals surface area (Å²) in [7, 11) is 4.46. The van der Waals surface area contributed by atoms with Crippen molar-refractivity contribution < 1.29 is 33.6 Å². The van der Waals surface area contributed by atoms with Crippen molar-refractivity contribution in [2.45, 2.75) is 39.5 Å². The van der Waals surface area contributed by atoms with Crippen molar-refractivity contribution >= 4 is 17.4 Å². The fourth-order valence-electron chi connectivity index (χ4n) is 4.68. The zero-order chi connectivity index (χ0) is 28.3. The number of amides is 1.